The number of hydrogen-bond acceptors (Lipinski definition) is 12. The zero-order valence-electron chi connectivity index (χ0n) is 25.3. The third-order valence-electron chi connectivity index (χ3n) is 5.36. The summed E-state index contributed by atoms with van der Waals surface area (Å²) in [6.07, 6.45) is -7.91. The lowest BCUT2D eigenvalue weighted by Crippen LogP contribution is -2.58. The molecule has 0 fully saturated rings. The fourth-order valence-electron chi connectivity index (χ4n) is 3.38. The van der Waals surface area contributed by atoms with Crippen LogP contribution in [-0.2, 0) is 42.8 Å². The average Bonchev–Trinajstić information content (AvgIpc) is 2.82. The number of esters is 3. The molecule has 6 atom stereocenters. The molecule has 1 aromatic rings. The second kappa shape index (κ2) is 15.2. The maximum absolute atomic E-state index is 13.5. The van der Waals surface area contributed by atoms with E-state index in [0.29, 0.717) is 13.7 Å². The third-order valence-corrected chi connectivity index (χ3v) is 5.36. The molecule has 1 heterocycles. The van der Waals surface area contributed by atoms with Crippen molar-refractivity contribution in [2.45, 2.75) is 99.9 Å². The molecule has 0 saturated carbocycles. The van der Waals surface area contributed by atoms with Crippen LogP contribution in [0.25, 0.3) is 0 Å². The maximum atomic E-state index is 13.5. The number of carbonyl (C=O) groups is 3. The Morgan fingerprint density at radius 1 is 0.500 bits per heavy atom. The first-order chi connectivity index (χ1) is 19.3. The van der Waals surface area contributed by atoms with E-state index in [1.165, 1.54) is 62.3 Å². The van der Waals surface area contributed by atoms with Gasteiger partial charge in [0.25, 0.3) is 0 Å². The van der Waals surface area contributed by atoms with Crippen LogP contribution in [0, 0.1) is 0 Å². The Kier molecular flexibility index (Phi) is 13.0. The Morgan fingerprint density at radius 2 is 0.690 bits per heavy atom. The summed E-state index contributed by atoms with van der Waals surface area (Å²) in [4.78, 5) is 76.2. The van der Waals surface area contributed by atoms with Crippen LogP contribution in [0.4, 0.5) is 0 Å². The lowest BCUT2D eigenvalue weighted by Gasteiger charge is -2.27. The van der Waals surface area contributed by atoms with Crippen molar-refractivity contribution < 1.29 is 42.8 Å². The highest BCUT2D eigenvalue weighted by Crippen LogP contribution is 2.14. The van der Waals surface area contributed by atoms with Gasteiger partial charge in [-0.25, -0.2) is 42.5 Å². The summed E-state index contributed by atoms with van der Waals surface area (Å²) in [5, 5.41) is 0. The second-order valence-corrected chi connectivity index (χ2v) is 9.42. The molecule has 0 radical (unpaired) electrons. The fraction of sp³-hybridized carbons (Fsp3) is 0.556. The number of hydrogen-bond donors (Lipinski definition) is 0. The van der Waals surface area contributed by atoms with Crippen molar-refractivity contribution in [3.8, 4) is 0 Å². The van der Waals surface area contributed by atoms with Gasteiger partial charge in [0.05, 0.1) is 0 Å². The van der Waals surface area contributed by atoms with Gasteiger partial charge in [-0.15, -0.1) is 0 Å². The van der Waals surface area contributed by atoms with E-state index >= 15 is 0 Å². The minimum atomic E-state index is -1.40. The van der Waals surface area contributed by atoms with E-state index in [2.05, 4.69) is 19.7 Å². The lowest BCUT2D eigenvalue weighted by atomic mass is 10.4. The van der Waals surface area contributed by atoms with E-state index in [1.54, 1.807) is 0 Å². The van der Waals surface area contributed by atoms with Gasteiger partial charge < -0.3 is 28.4 Å². The maximum Gasteiger partial charge on any atom is 0.340 e. The molecule has 0 amide bonds. The Hall–Kier alpha value is -4.08. The summed E-state index contributed by atoms with van der Waals surface area (Å²) in [5.74, 6) is -2.32. The van der Waals surface area contributed by atoms with Crippen molar-refractivity contribution in [2.24, 2.45) is 0 Å². The van der Waals surface area contributed by atoms with E-state index < -0.39 is 72.5 Å². The van der Waals surface area contributed by atoms with Crippen molar-refractivity contribution in [3.05, 3.63) is 67.9 Å². The minimum Gasteiger partial charge on any atom is -0.433 e. The smallest absolute Gasteiger partial charge is 0.340 e. The highest BCUT2D eigenvalue weighted by atomic mass is 16.7. The van der Waals surface area contributed by atoms with Crippen LogP contribution in [0.2, 0.25) is 0 Å². The number of carbonyl (C=O) groups excluding carboxylic acids is 3. The van der Waals surface area contributed by atoms with Gasteiger partial charge in [-0.3, -0.25) is 0 Å². The number of aromatic nitrogens is 3. The lowest BCUT2D eigenvalue weighted by molar-refractivity contribution is -0.194. The van der Waals surface area contributed by atoms with E-state index in [4.69, 9.17) is 28.4 Å². The van der Waals surface area contributed by atoms with Crippen LogP contribution in [0.15, 0.2) is 50.8 Å². The standard InChI is InChI=1S/C27H39N3O12/c1-13(2)22(31)40-19(10)37-16(7)28-25(34)29(17(8)38-20(11)41-23(32)14(3)4)27(36)30(26(28)35)18(9)39-21(12)42-24(33)15(5)6/h16-21H,1,3,5H2,2,4,6-12H3. The van der Waals surface area contributed by atoms with E-state index in [9.17, 15) is 28.8 Å². The second-order valence-electron chi connectivity index (χ2n) is 9.42. The SMILES string of the molecule is C=C(C)C(=O)OC(C)OC(C)n1c(=O)n(C(C)OC(C)OC(=O)C(=C)C)c(=O)n(C(C)OC(C)OC(=O)C(=C)C)c1=O. The first-order valence-electron chi connectivity index (χ1n) is 12.8. The molecule has 0 aliphatic heterocycles. The molecule has 42 heavy (non-hydrogen) atoms. The van der Waals surface area contributed by atoms with Crippen LogP contribution in [-0.4, -0.2) is 50.5 Å². The fourth-order valence-corrected chi connectivity index (χ4v) is 3.38. The molecule has 15 heteroatoms. The van der Waals surface area contributed by atoms with Gasteiger partial charge >= 0.3 is 35.0 Å². The van der Waals surface area contributed by atoms with Gasteiger partial charge in [-0.05, 0) is 62.3 Å². The molecule has 15 nitrogen and oxygen atoms in total. The van der Waals surface area contributed by atoms with E-state index in [-0.39, 0.29) is 16.7 Å². The van der Waals surface area contributed by atoms with Crippen LogP contribution in [0.3, 0.4) is 0 Å². The largest absolute Gasteiger partial charge is 0.433 e. The highest BCUT2D eigenvalue weighted by Gasteiger charge is 2.29. The molecule has 1 rings (SSSR count). The number of rotatable bonds is 15. The molecule has 0 aliphatic rings. The van der Waals surface area contributed by atoms with Gasteiger partial charge in [0.1, 0.15) is 18.7 Å². The number of ether oxygens (including phenoxy) is 6. The molecule has 0 aromatic carbocycles. The minimum absolute atomic E-state index is 0.0889. The molecule has 0 saturated heterocycles. The molecular formula is C27H39N3O12. The predicted octanol–water partition coefficient (Wildman–Crippen LogP) is 2.17. The normalized spacial score (nSPS) is 15.4. The van der Waals surface area contributed by atoms with E-state index in [0.717, 1.165) is 0 Å². The summed E-state index contributed by atoms with van der Waals surface area (Å²) in [6.45, 7) is 22.6. The van der Waals surface area contributed by atoms with Crippen LogP contribution in [0.1, 0.15) is 81.0 Å². The van der Waals surface area contributed by atoms with Gasteiger partial charge in [0.15, 0.2) is 0 Å². The summed E-state index contributed by atoms with van der Waals surface area (Å²) in [6, 6.07) is 0. The quantitative estimate of drug-likeness (QED) is 0.125. The Bertz CT molecular complexity index is 1210. The molecule has 6 unspecified atom stereocenters. The number of nitrogens with zero attached hydrogens (tertiary/aromatic N) is 3. The van der Waals surface area contributed by atoms with Crippen LogP contribution >= 0.6 is 0 Å². The topological polar surface area (TPSA) is 173 Å². The average molecular weight is 598 g/mol. The zero-order chi connectivity index (χ0) is 32.6. The summed E-state index contributed by atoms with van der Waals surface area (Å²) in [5.41, 5.74) is -3.21. The molecule has 0 spiro atoms. The van der Waals surface area contributed by atoms with E-state index in [1.807, 2.05) is 0 Å². The Balaban J connectivity index is 3.64. The first kappa shape index (κ1) is 35.9. The van der Waals surface area contributed by atoms with Gasteiger partial charge in [0.2, 0.25) is 18.9 Å². The molecule has 1 aromatic heterocycles. The molecular weight excluding hydrogens is 558 g/mol. The molecule has 0 aliphatic carbocycles. The predicted molar refractivity (Wildman–Crippen MR) is 148 cm³/mol. The zero-order valence-corrected chi connectivity index (χ0v) is 25.3. The monoisotopic (exact) mass is 597 g/mol. The van der Waals surface area contributed by atoms with Crippen molar-refractivity contribution >= 4 is 17.9 Å². The van der Waals surface area contributed by atoms with Gasteiger partial charge in [-0.1, -0.05) is 19.7 Å². The molecule has 0 bridgehead atoms. The molecule has 0 N–H and O–H groups in total. The van der Waals surface area contributed by atoms with Crippen molar-refractivity contribution in [1.82, 2.24) is 13.7 Å². The first-order valence-corrected chi connectivity index (χ1v) is 12.8. The van der Waals surface area contributed by atoms with Crippen molar-refractivity contribution in [3.63, 3.8) is 0 Å². The Labute approximate surface area is 242 Å². The summed E-state index contributed by atoms with van der Waals surface area (Å²) < 4.78 is 33.6. The van der Waals surface area contributed by atoms with Crippen LogP contribution in [0.5, 0.6) is 0 Å². The summed E-state index contributed by atoms with van der Waals surface area (Å²) >= 11 is 0. The summed E-state index contributed by atoms with van der Waals surface area (Å²) in [7, 11) is 0. The molecule has 234 valence electrons. The van der Waals surface area contributed by atoms with Crippen molar-refractivity contribution in [1.29, 1.82) is 0 Å². The van der Waals surface area contributed by atoms with Crippen LogP contribution < -0.4 is 17.1 Å². The third kappa shape index (κ3) is 9.49. The van der Waals surface area contributed by atoms with Gasteiger partial charge in [0, 0.05) is 16.7 Å². The Morgan fingerprint density at radius 3 is 0.857 bits per heavy atom. The van der Waals surface area contributed by atoms with Crippen molar-refractivity contribution in [2.75, 3.05) is 0 Å². The highest BCUT2D eigenvalue weighted by molar-refractivity contribution is 5.87. The van der Waals surface area contributed by atoms with Gasteiger partial charge in [-0.2, -0.15) is 0 Å².